The molecule has 4 heterocycles. The highest BCUT2D eigenvalue weighted by Crippen LogP contribution is 2.40. The molecule has 3 saturated heterocycles. The molecule has 180 valence electrons. The van der Waals surface area contributed by atoms with Crippen LogP contribution in [0.3, 0.4) is 0 Å². The number of nitrogens with one attached hydrogen (secondary N) is 1. The number of hydrazine groups is 1. The van der Waals surface area contributed by atoms with Crippen LogP contribution in [0.15, 0.2) is 36.4 Å². The zero-order chi connectivity index (χ0) is 24.4. The molecule has 2 atom stereocenters. The smallest absolute Gasteiger partial charge is 0.343 e. The molecule has 9 nitrogen and oxygen atoms in total. The maximum absolute atomic E-state index is 13.1. The number of fused-ring (bicyclic) bond motifs is 3. The van der Waals surface area contributed by atoms with Crippen LogP contribution in [0.2, 0.25) is 10.0 Å². The van der Waals surface area contributed by atoms with E-state index in [-0.39, 0.29) is 24.1 Å². The average Bonchev–Trinajstić information content (AvgIpc) is 3.49. The topological polar surface area (TPSA) is 93.3 Å². The zero-order valence-corrected chi connectivity index (χ0v) is 20.1. The average molecular weight is 514 g/mol. The molecule has 3 fully saturated rings. The molecule has 4 aliphatic rings. The van der Waals surface area contributed by atoms with Gasteiger partial charge in [-0.1, -0.05) is 35.3 Å². The molecule has 1 N–H and O–H groups in total. The lowest BCUT2D eigenvalue weighted by Crippen LogP contribution is -2.58. The van der Waals surface area contributed by atoms with E-state index in [1.807, 2.05) is 18.2 Å². The predicted molar refractivity (Wildman–Crippen MR) is 128 cm³/mol. The fraction of sp³-hybridized carbons (Fsp3) is 0.333. The summed E-state index contributed by atoms with van der Waals surface area (Å²) in [6.45, 7) is 2.31. The highest BCUT2D eigenvalue weighted by atomic mass is 35.5. The van der Waals surface area contributed by atoms with Gasteiger partial charge in [0.1, 0.15) is 0 Å². The number of anilines is 1. The number of urea groups is 1. The minimum absolute atomic E-state index is 0.0209. The number of hydrogen-bond acceptors (Lipinski definition) is 6. The molecule has 0 saturated carbocycles. The lowest BCUT2D eigenvalue weighted by molar-refractivity contribution is -0.122. The Bertz CT molecular complexity index is 1300. The van der Waals surface area contributed by atoms with Crippen LogP contribution in [-0.4, -0.2) is 70.4 Å². The number of rotatable bonds is 4. The van der Waals surface area contributed by atoms with Crippen molar-refractivity contribution < 1.29 is 19.2 Å². The van der Waals surface area contributed by atoms with Gasteiger partial charge in [0.25, 0.3) is 11.8 Å². The molecule has 0 aliphatic carbocycles. The standard InChI is InChI=1S/C24H21Cl2N5O4/c25-18-2-1-3-19(21(18)26)29-12-14-9-15(29)11-28(14)10-13-4-5-16-17(8-13)23(34)31(22(16)33)30-7-6-20(32)27-24(30)35/h1-5,8,14-15H,6-7,9-12H2,(H,27,32,35)/t14-,15-/m0/s1. The number of benzene rings is 2. The number of carbonyl (C=O) groups is 4. The summed E-state index contributed by atoms with van der Waals surface area (Å²) in [7, 11) is 0. The number of halogens is 2. The van der Waals surface area contributed by atoms with Crippen molar-refractivity contribution in [3.05, 3.63) is 63.1 Å². The Kier molecular flexibility index (Phi) is 5.24. The Morgan fingerprint density at radius 1 is 0.943 bits per heavy atom. The van der Waals surface area contributed by atoms with Gasteiger partial charge in [0.15, 0.2) is 0 Å². The second-order valence-electron chi connectivity index (χ2n) is 9.23. The molecule has 0 spiro atoms. The molecular weight excluding hydrogens is 493 g/mol. The Labute approximate surface area is 211 Å². The fourth-order valence-electron chi connectivity index (χ4n) is 5.53. The van der Waals surface area contributed by atoms with Crippen molar-refractivity contribution in [3.63, 3.8) is 0 Å². The zero-order valence-electron chi connectivity index (χ0n) is 18.5. The Morgan fingerprint density at radius 2 is 1.74 bits per heavy atom. The molecule has 5 amide bonds. The molecule has 35 heavy (non-hydrogen) atoms. The van der Waals surface area contributed by atoms with Crippen LogP contribution in [0.5, 0.6) is 0 Å². The first-order valence-corrected chi connectivity index (χ1v) is 12.1. The van der Waals surface area contributed by atoms with Crippen molar-refractivity contribution in [2.75, 3.05) is 24.5 Å². The molecule has 4 aliphatic heterocycles. The van der Waals surface area contributed by atoms with Gasteiger partial charge in [-0.3, -0.25) is 24.6 Å². The maximum Gasteiger partial charge on any atom is 0.343 e. The van der Waals surface area contributed by atoms with E-state index >= 15 is 0 Å². The van der Waals surface area contributed by atoms with Gasteiger partial charge in [-0.2, -0.15) is 5.01 Å². The van der Waals surface area contributed by atoms with Gasteiger partial charge in [0, 0.05) is 38.1 Å². The largest absolute Gasteiger partial charge is 0.364 e. The number of amides is 5. The molecule has 2 aromatic rings. The van der Waals surface area contributed by atoms with Gasteiger partial charge in [0.05, 0.1) is 33.4 Å². The van der Waals surface area contributed by atoms with Crippen LogP contribution in [0, 0.1) is 0 Å². The fourth-order valence-corrected chi connectivity index (χ4v) is 5.93. The molecule has 0 radical (unpaired) electrons. The summed E-state index contributed by atoms with van der Waals surface area (Å²) in [6, 6.07) is 10.8. The predicted octanol–water partition coefficient (Wildman–Crippen LogP) is 2.91. The Morgan fingerprint density at radius 3 is 2.49 bits per heavy atom. The first kappa shape index (κ1) is 22.3. The normalized spacial score (nSPS) is 24.0. The van der Waals surface area contributed by atoms with E-state index < -0.39 is 23.8 Å². The van der Waals surface area contributed by atoms with Crippen molar-refractivity contribution in [2.45, 2.75) is 31.5 Å². The minimum Gasteiger partial charge on any atom is -0.364 e. The van der Waals surface area contributed by atoms with Crippen LogP contribution >= 0.6 is 23.2 Å². The highest BCUT2D eigenvalue weighted by molar-refractivity contribution is 6.43. The molecule has 0 unspecified atom stereocenters. The van der Waals surface area contributed by atoms with E-state index in [1.165, 1.54) is 0 Å². The van der Waals surface area contributed by atoms with E-state index in [4.69, 9.17) is 23.2 Å². The molecule has 0 aromatic heterocycles. The lowest BCUT2D eigenvalue weighted by Gasteiger charge is -2.36. The summed E-state index contributed by atoms with van der Waals surface area (Å²) in [5, 5.41) is 5.10. The van der Waals surface area contributed by atoms with Gasteiger partial charge >= 0.3 is 6.03 Å². The van der Waals surface area contributed by atoms with Gasteiger partial charge < -0.3 is 4.90 Å². The van der Waals surface area contributed by atoms with Gasteiger partial charge in [-0.05, 0) is 36.2 Å². The number of hydrogen-bond donors (Lipinski definition) is 1. The summed E-state index contributed by atoms with van der Waals surface area (Å²) < 4.78 is 0. The number of nitrogens with zero attached hydrogens (tertiary/aromatic N) is 4. The van der Waals surface area contributed by atoms with Gasteiger partial charge in [-0.15, -0.1) is 0 Å². The molecule has 6 rings (SSSR count). The van der Waals surface area contributed by atoms with E-state index in [2.05, 4.69) is 15.1 Å². The molecule has 2 aromatic carbocycles. The summed E-state index contributed by atoms with van der Waals surface area (Å²) in [5.74, 6) is -1.54. The quantitative estimate of drug-likeness (QED) is 0.631. The first-order chi connectivity index (χ1) is 16.8. The summed E-state index contributed by atoms with van der Waals surface area (Å²) in [5.41, 5.74) is 2.41. The second-order valence-corrected chi connectivity index (χ2v) is 10.0. The Hall–Kier alpha value is -3.14. The lowest BCUT2D eigenvalue weighted by atomic mass is 10.0. The van der Waals surface area contributed by atoms with Crippen molar-refractivity contribution in [3.8, 4) is 0 Å². The molecular formula is C24H21Cl2N5O4. The van der Waals surface area contributed by atoms with E-state index in [0.29, 0.717) is 28.7 Å². The first-order valence-electron chi connectivity index (χ1n) is 11.4. The van der Waals surface area contributed by atoms with Crippen LogP contribution in [0.4, 0.5) is 10.5 Å². The van der Waals surface area contributed by atoms with Crippen LogP contribution in [-0.2, 0) is 11.3 Å². The monoisotopic (exact) mass is 513 g/mol. The summed E-state index contributed by atoms with van der Waals surface area (Å²) in [4.78, 5) is 54.3. The maximum atomic E-state index is 13.1. The molecule has 11 heteroatoms. The third kappa shape index (κ3) is 3.57. The third-order valence-electron chi connectivity index (χ3n) is 7.18. The number of imide groups is 2. The van der Waals surface area contributed by atoms with Crippen LogP contribution < -0.4 is 10.2 Å². The van der Waals surface area contributed by atoms with E-state index in [0.717, 1.165) is 40.8 Å². The van der Waals surface area contributed by atoms with E-state index in [1.54, 1.807) is 18.2 Å². The number of piperazine rings is 1. The van der Waals surface area contributed by atoms with Crippen molar-refractivity contribution >= 4 is 52.6 Å². The number of likely N-dealkylation sites (tertiary alicyclic amines) is 1. The van der Waals surface area contributed by atoms with Crippen molar-refractivity contribution in [2.24, 2.45) is 0 Å². The summed E-state index contributed by atoms with van der Waals surface area (Å²) >= 11 is 12.7. The third-order valence-corrected chi connectivity index (χ3v) is 7.99. The molecule has 2 bridgehead atoms. The highest BCUT2D eigenvalue weighted by Gasteiger charge is 2.45. The van der Waals surface area contributed by atoms with Gasteiger partial charge in [0.2, 0.25) is 5.91 Å². The van der Waals surface area contributed by atoms with Gasteiger partial charge in [-0.25, -0.2) is 9.80 Å². The van der Waals surface area contributed by atoms with Crippen molar-refractivity contribution in [1.29, 1.82) is 0 Å². The van der Waals surface area contributed by atoms with E-state index in [9.17, 15) is 19.2 Å². The summed E-state index contributed by atoms with van der Waals surface area (Å²) in [6.07, 6.45) is 1.04. The van der Waals surface area contributed by atoms with Crippen molar-refractivity contribution in [1.82, 2.24) is 20.2 Å². The van der Waals surface area contributed by atoms with Crippen LogP contribution in [0.1, 0.15) is 39.1 Å². The second kappa shape index (κ2) is 8.22. The van der Waals surface area contributed by atoms with Crippen LogP contribution in [0.25, 0.3) is 0 Å². The SMILES string of the molecule is O=C1CCN(N2C(=O)c3ccc(CN4C[C@@H]5C[C@H]4CN5c4cccc(Cl)c4Cl)cc3C2=O)C(=O)N1. The Balaban J connectivity index is 1.17. The number of carbonyl (C=O) groups excluding carboxylic acids is 4. The minimum atomic E-state index is -0.770.